The van der Waals surface area contributed by atoms with Crippen molar-refractivity contribution in [3.05, 3.63) is 59.9 Å². The van der Waals surface area contributed by atoms with Crippen LogP contribution in [-0.2, 0) is 11.3 Å². The van der Waals surface area contributed by atoms with Gasteiger partial charge in [0.1, 0.15) is 5.82 Å². The minimum absolute atomic E-state index is 0.142. The number of benzene rings is 2. The molecule has 0 spiro atoms. The maximum absolute atomic E-state index is 12.9. The fraction of sp³-hybridized carbons (Fsp3) is 0.533. The molecule has 1 aromatic heterocycles. The minimum Gasteiger partial charge on any atom is -0.328 e. The van der Waals surface area contributed by atoms with Crippen molar-refractivity contribution in [2.45, 2.75) is 96.9 Å². The second-order valence-electron chi connectivity index (χ2n) is 10.0. The maximum Gasteiger partial charge on any atom is 0.227 e. The second kappa shape index (κ2) is 12.2. The predicted molar refractivity (Wildman–Crippen MR) is 142 cm³/mol. The summed E-state index contributed by atoms with van der Waals surface area (Å²) in [5.41, 5.74) is 4.44. The van der Waals surface area contributed by atoms with Gasteiger partial charge in [0.05, 0.1) is 11.0 Å². The third-order valence-corrected chi connectivity index (χ3v) is 7.22. The number of carbonyl (C=O) groups is 1. The van der Waals surface area contributed by atoms with Crippen LogP contribution in [0, 0.1) is 6.92 Å². The molecule has 1 aliphatic heterocycles. The number of aromatic nitrogens is 2. The van der Waals surface area contributed by atoms with E-state index in [4.69, 9.17) is 4.98 Å². The topological polar surface area (TPSA) is 38.1 Å². The number of hydrogen-bond acceptors (Lipinski definition) is 2. The van der Waals surface area contributed by atoms with Crippen LogP contribution in [-0.4, -0.2) is 22.0 Å². The van der Waals surface area contributed by atoms with Gasteiger partial charge >= 0.3 is 0 Å². The summed E-state index contributed by atoms with van der Waals surface area (Å²) in [5.74, 6) is 1.43. The van der Waals surface area contributed by atoms with Crippen molar-refractivity contribution in [2.24, 2.45) is 0 Å². The lowest BCUT2D eigenvalue weighted by Gasteiger charge is -2.18. The Morgan fingerprint density at radius 1 is 0.882 bits per heavy atom. The van der Waals surface area contributed by atoms with Crippen LogP contribution in [0.3, 0.4) is 0 Å². The van der Waals surface area contributed by atoms with E-state index in [0.29, 0.717) is 13.0 Å². The summed E-state index contributed by atoms with van der Waals surface area (Å²) in [4.78, 5) is 19.9. The molecule has 2 aromatic carbocycles. The smallest absolute Gasteiger partial charge is 0.227 e. The van der Waals surface area contributed by atoms with Gasteiger partial charge in [0.2, 0.25) is 5.91 Å². The van der Waals surface area contributed by atoms with Crippen LogP contribution in [0.25, 0.3) is 11.0 Å². The van der Waals surface area contributed by atoms with Gasteiger partial charge in [0.25, 0.3) is 0 Å². The van der Waals surface area contributed by atoms with Gasteiger partial charge in [0, 0.05) is 31.1 Å². The van der Waals surface area contributed by atoms with Crippen molar-refractivity contribution in [2.75, 3.05) is 11.4 Å². The largest absolute Gasteiger partial charge is 0.328 e. The lowest BCUT2D eigenvalue weighted by atomic mass is 10.1. The molecule has 0 bridgehead atoms. The quantitative estimate of drug-likeness (QED) is 0.245. The van der Waals surface area contributed by atoms with Crippen molar-refractivity contribution in [3.63, 3.8) is 0 Å². The van der Waals surface area contributed by atoms with Crippen molar-refractivity contribution >= 4 is 22.6 Å². The van der Waals surface area contributed by atoms with E-state index in [-0.39, 0.29) is 11.8 Å². The first kappa shape index (κ1) is 24.5. The van der Waals surface area contributed by atoms with Crippen LogP contribution in [0.1, 0.15) is 94.9 Å². The zero-order chi connectivity index (χ0) is 23.8. The first-order valence-electron chi connectivity index (χ1n) is 13.5. The first-order valence-corrected chi connectivity index (χ1v) is 13.5. The molecule has 0 radical (unpaired) electrons. The second-order valence-corrected chi connectivity index (χ2v) is 10.0. The Kier molecular flexibility index (Phi) is 8.79. The monoisotopic (exact) mass is 459 g/mol. The molecule has 0 unspecified atom stereocenters. The van der Waals surface area contributed by atoms with Crippen LogP contribution in [0.4, 0.5) is 5.69 Å². The fourth-order valence-electron chi connectivity index (χ4n) is 5.32. The van der Waals surface area contributed by atoms with Gasteiger partial charge in [-0.2, -0.15) is 0 Å². The van der Waals surface area contributed by atoms with Crippen LogP contribution in [0.15, 0.2) is 48.5 Å². The van der Waals surface area contributed by atoms with E-state index in [1.165, 1.54) is 75.3 Å². The molecule has 0 aliphatic carbocycles. The average Bonchev–Trinajstić information content (AvgIpc) is 3.41. The first-order chi connectivity index (χ1) is 16.7. The van der Waals surface area contributed by atoms with E-state index in [1.54, 1.807) is 0 Å². The van der Waals surface area contributed by atoms with Gasteiger partial charge in [-0.15, -0.1) is 0 Å². The molecule has 3 aromatic rings. The third kappa shape index (κ3) is 6.08. The average molecular weight is 460 g/mol. The molecule has 182 valence electrons. The minimum atomic E-state index is 0.142. The Hall–Kier alpha value is -2.62. The van der Waals surface area contributed by atoms with Crippen molar-refractivity contribution < 1.29 is 4.79 Å². The van der Waals surface area contributed by atoms with Gasteiger partial charge in [-0.1, -0.05) is 89.0 Å². The highest BCUT2D eigenvalue weighted by Crippen LogP contribution is 2.33. The predicted octanol–water partition coefficient (Wildman–Crippen LogP) is 7.79. The number of anilines is 1. The van der Waals surface area contributed by atoms with Gasteiger partial charge < -0.3 is 9.47 Å². The maximum atomic E-state index is 12.9. The molecular weight excluding hydrogens is 418 g/mol. The van der Waals surface area contributed by atoms with E-state index in [9.17, 15) is 4.79 Å². The van der Waals surface area contributed by atoms with E-state index >= 15 is 0 Å². The molecule has 1 aliphatic rings. The van der Waals surface area contributed by atoms with E-state index in [1.807, 2.05) is 17.0 Å². The van der Waals surface area contributed by atoms with Gasteiger partial charge in [-0.05, 0) is 43.2 Å². The number of hydrogen-bond donors (Lipinski definition) is 0. The van der Waals surface area contributed by atoms with E-state index in [0.717, 1.165) is 23.6 Å². The third-order valence-electron chi connectivity index (χ3n) is 7.22. The van der Waals surface area contributed by atoms with Gasteiger partial charge in [-0.25, -0.2) is 4.98 Å². The summed E-state index contributed by atoms with van der Waals surface area (Å²) in [5, 5.41) is 0. The zero-order valence-corrected chi connectivity index (χ0v) is 21.1. The molecule has 1 atom stereocenters. The number of para-hydroxylation sites is 2. The highest BCUT2D eigenvalue weighted by atomic mass is 16.2. The lowest BCUT2D eigenvalue weighted by molar-refractivity contribution is -0.117. The summed E-state index contributed by atoms with van der Waals surface area (Å²) in [6.45, 7) is 6.05. The van der Waals surface area contributed by atoms with E-state index in [2.05, 4.69) is 54.8 Å². The molecular formula is C30H41N3O. The molecule has 1 fully saturated rings. The molecule has 4 rings (SSSR count). The number of fused-ring (bicyclic) bond motifs is 1. The Labute approximate surface area is 205 Å². The molecule has 0 saturated carbocycles. The fourth-order valence-corrected chi connectivity index (χ4v) is 5.32. The van der Waals surface area contributed by atoms with Crippen LogP contribution >= 0.6 is 0 Å². The highest BCUT2D eigenvalue weighted by molar-refractivity contribution is 5.96. The summed E-state index contributed by atoms with van der Waals surface area (Å²) in [7, 11) is 0. The summed E-state index contributed by atoms with van der Waals surface area (Å²) < 4.78 is 2.40. The molecule has 1 amide bonds. The lowest BCUT2D eigenvalue weighted by Crippen LogP contribution is -2.24. The number of carbonyl (C=O) groups excluding carboxylic acids is 1. The Morgan fingerprint density at radius 3 is 2.32 bits per heavy atom. The van der Waals surface area contributed by atoms with Crippen molar-refractivity contribution in [1.82, 2.24) is 9.55 Å². The van der Waals surface area contributed by atoms with Gasteiger partial charge in [0.15, 0.2) is 0 Å². The standard InChI is InChI=1S/C30H41N3O/c1-3-4-5-6-7-8-9-10-11-14-20-32-28-19-13-12-18-27(28)31-30(32)25-22-29(34)33(23-25)26-17-15-16-24(2)21-26/h12-13,15-19,21,25H,3-11,14,20,22-23H2,1-2H3/t25-/m0/s1. The normalized spacial score (nSPS) is 16.1. The Balaban J connectivity index is 1.37. The Bertz CT molecular complexity index is 1070. The molecule has 2 heterocycles. The summed E-state index contributed by atoms with van der Waals surface area (Å²) >= 11 is 0. The number of aryl methyl sites for hydroxylation is 2. The molecule has 4 nitrogen and oxygen atoms in total. The van der Waals surface area contributed by atoms with Crippen molar-refractivity contribution in [1.29, 1.82) is 0 Å². The van der Waals surface area contributed by atoms with E-state index < -0.39 is 0 Å². The number of rotatable bonds is 13. The molecule has 1 saturated heterocycles. The van der Waals surface area contributed by atoms with Crippen molar-refractivity contribution in [3.8, 4) is 0 Å². The van der Waals surface area contributed by atoms with Crippen LogP contribution in [0.2, 0.25) is 0 Å². The summed E-state index contributed by atoms with van der Waals surface area (Å²) in [6, 6.07) is 16.7. The van der Waals surface area contributed by atoms with Crippen LogP contribution < -0.4 is 4.90 Å². The summed E-state index contributed by atoms with van der Waals surface area (Å²) in [6.07, 6.45) is 13.9. The number of imidazole rings is 1. The number of unbranched alkanes of at least 4 members (excludes halogenated alkanes) is 9. The molecule has 34 heavy (non-hydrogen) atoms. The number of nitrogens with zero attached hydrogens (tertiary/aromatic N) is 3. The zero-order valence-electron chi connectivity index (χ0n) is 21.1. The SMILES string of the molecule is CCCCCCCCCCCCn1c([C@H]2CC(=O)N(c3cccc(C)c3)C2)nc2ccccc21. The molecule has 0 N–H and O–H groups in total. The van der Waals surface area contributed by atoms with Gasteiger partial charge in [-0.3, -0.25) is 4.79 Å². The highest BCUT2D eigenvalue weighted by Gasteiger charge is 2.34. The Morgan fingerprint density at radius 2 is 1.59 bits per heavy atom. The number of amides is 1. The van der Waals surface area contributed by atoms with Crippen LogP contribution in [0.5, 0.6) is 0 Å². The molecule has 4 heteroatoms.